The van der Waals surface area contributed by atoms with Gasteiger partial charge in [0.1, 0.15) is 11.5 Å². The molecule has 0 saturated carbocycles. The SMILES string of the molecule is O=C(Nc1ccc(NC(=O)c2ccccc2F)cc1C(F)(F)F)c1ccc(=O)n(-c2ccccc2)n1. The summed E-state index contributed by atoms with van der Waals surface area (Å²) in [5.41, 5.74) is -2.93. The van der Waals surface area contributed by atoms with Crippen molar-refractivity contribution in [2.45, 2.75) is 6.18 Å². The predicted octanol–water partition coefficient (Wildman–Crippen LogP) is 4.90. The Hall–Kier alpha value is -4.80. The monoisotopic (exact) mass is 496 g/mol. The Balaban J connectivity index is 1.61. The molecule has 182 valence electrons. The smallest absolute Gasteiger partial charge is 0.322 e. The molecule has 4 rings (SSSR count). The molecule has 0 saturated heterocycles. The number of rotatable bonds is 5. The van der Waals surface area contributed by atoms with E-state index in [4.69, 9.17) is 0 Å². The number of carbonyl (C=O) groups is 2. The minimum absolute atomic E-state index is 0.260. The summed E-state index contributed by atoms with van der Waals surface area (Å²) in [6, 6.07) is 18.0. The van der Waals surface area contributed by atoms with E-state index in [1.807, 2.05) is 0 Å². The first kappa shape index (κ1) is 24.3. The maximum Gasteiger partial charge on any atom is 0.418 e. The van der Waals surface area contributed by atoms with Crippen LogP contribution in [-0.4, -0.2) is 21.6 Å². The highest BCUT2D eigenvalue weighted by Gasteiger charge is 2.34. The number of benzene rings is 3. The zero-order chi connectivity index (χ0) is 25.9. The zero-order valence-corrected chi connectivity index (χ0v) is 18.2. The average Bonchev–Trinajstić information content (AvgIpc) is 2.85. The quantitative estimate of drug-likeness (QED) is 0.385. The summed E-state index contributed by atoms with van der Waals surface area (Å²) in [7, 11) is 0. The summed E-state index contributed by atoms with van der Waals surface area (Å²) in [6.45, 7) is 0. The van der Waals surface area contributed by atoms with Crippen LogP contribution < -0.4 is 16.2 Å². The number of anilines is 2. The van der Waals surface area contributed by atoms with Crippen LogP contribution in [0.5, 0.6) is 0 Å². The number of hydrogen-bond acceptors (Lipinski definition) is 4. The van der Waals surface area contributed by atoms with E-state index in [1.165, 1.54) is 18.2 Å². The molecule has 7 nitrogen and oxygen atoms in total. The first-order valence-electron chi connectivity index (χ1n) is 10.4. The van der Waals surface area contributed by atoms with E-state index in [2.05, 4.69) is 15.7 Å². The van der Waals surface area contributed by atoms with Crippen LogP contribution in [0.4, 0.5) is 28.9 Å². The lowest BCUT2D eigenvalue weighted by atomic mass is 10.1. The van der Waals surface area contributed by atoms with Gasteiger partial charge in [-0.3, -0.25) is 14.4 Å². The molecular formula is C25H16F4N4O3. The maximum absolute atomic E-state index is 13.8. The van der Waals surface area contributed by atoms with E-state index < -0.39 is 40.6 Å². The number of halogens is 4. The molecule has 0 fully saturated rings. The van der Waals surface area contributed by atoms with Gasteiger partial charge in [0.25, 0.3) is 17.4 Å². The van der Waals surface area contributed by atoms with Gasteiger partial charge in [0.15, 0.2) is 0 Å². The van der Waals surface area contributed by atoms with Gasteiger partial charge in [0, 0.05) is 11.8 Å². The minimum atomic E-state index is -4.91. The summed E-state index contributed by atoms with van der Waals surface area (Å²) in [4.78, 5) is 37.1. The predicted molar refractivity (Wildman–Crippen MR) is 124 cm³/mol. The molecule has 2 amide bonds. The lowest BCUT2D eigenvalue weighted by Gasteiger charge is -2.16. The van der Waals surface area contributed by atoms with Gasteiger partial charge in [0.2, 0.25) is 0 Å². The van der Waals surface area contributed by atoms with Crippen molar-refractivity contribution < 1.29 is 27.2 Å². The zero-order valence-electron chi connectivity index (χ0n) is 18.2. The average molecular weight is 496 g/mol. The molecule has 1 heterocycles. The summed E-state index contributed by atoms with van der Waals surface area (Å²) < 4.78 is 56.0. The largest absolute Gasteiger partial charge is 0.418 e. The molecule has 36 heavy (non-hydrogen) atoms. The fraction of sp³-hybridized carbons (Fsp3) is 0.0400. The van der Waals surface area contributed by atoms with Crippen LogP contribution in [0.2, 0.25) is 0 Å². The van der Waals surface area contributed by atoms with Crippen molar-refractivity contribution in [1.82, 2.24) is 9.78 Å². The van der Waals surface area contributed by atoms with E-state index >= 15 is 0 Å². The lowest BCUT2D eigenvalue weighted by molar-refractivity contribution is -0.136. The maximum atomic E-state index is 13.8. The van der Waals surface area contributed by atoms with Gasteiger partial charge in [-0.1, -0.05) is 30.3 Å². The van der Waals surface area contributed by atoms with Crippen molar-refractivity contribution in [2.75, 3.05) is 10.6 Å². The van der Waals surface area contributed by atoms with Crippen LogP contribution in [0.15, 0.2) is 89.7 Å². The second-order valence-electron chi connectivity index (χ2n) is 7.45. The lowest BCUT2D eigenvalue weighted by Crippen LogP contribution is -2.25. The van der Waals surface area contributed by atoms with E-state index in [1.54, 1.807) is 30.3 Å². The molecule has 0 aliphatic rings. The Labute approximate surface area is 201 Å². The topological polar surface area (TPSA) is 93.1 Å². The molecule has 0 bridgehead atoms. The Morgan fingerprint density at radius 3 is 2.19 bits per heavy atom. The van der Waals surface area contributed by atoms with E-state index in [0.29, 0.717) is 11.8 Å². The van der Waals surface area contributed by atoms with Gasteiger partial charge < -0.3 is 10.6 Å². The van der Waals surface area contributed by atoms with Crippen LogP contribution in [0.25, 0.3) is 5.69 Å². The normalized spacial score (nSPS) is 11.1. The molecular weight excluding hydrogens is 480 g/mol. The molecule has 0 unspecified atom stereocenters. The first-order chi connectivity index (χ1) is 17.1. The van der Waals surface area contributed by atoms with Crippen LogP contribution in [0.3, 0.4) is 0 Å². The molecule has 3 aromatic carbocycles. The van der Waals surface area contributed by atoms with Crippen molar-refractivity contribution in [3.05, 3.63) is 118 Å². The van der Waals surface area contributed by atoms with E-state index in [-0.39, 0.29) is 16.9 Å². The van der Waals surface area contributed by atoms with Crippen molar-refractivity contribution >= 4 is 23.2 Å². The highest BCUT2D eigenvalue weighted by molar-refractivity contribution is 6.05. The standard InChI is InChI=1S/C25H16F4N4O3/c26-19-9-5-4-8-17(19)23(35)30-15-10-11-20(18(14-15)25(27,28)29)31-24(36)21-12-13-22(34)33(32-21)16-6-2-1-3-7-16/h1-14H,(H,30,35)(H,31,36). The molecule has 0 aliphatic heterocycles. The summed E-state index contributed by atoms with van der Waals surface area (Å²) in [5, 5.41) is 8.30. The van der Waals surface area contributed by atoms with Gasteiger partial charge in [-0.15, -0.1) is 0 Å². The molecule has 1 aromatic heterocycles. The number of hydrogen-bond donors (Lipinski definition) is 2. The third-order valence-corrected chi connectivity index (χ3v) is 4.98. The Kier molecular flexibility index (Phi) is 6.64. The molecule has 2 N–H and O–H groups in total. The van der Waals surface area contributed by atoms with Gasteiger partial charge >= 0.3 is 6.18 Å². The van der Waals surface area contributed by atoms with E-state index in [0.717, 1.165) is 35.0 Å². The molecule has 11 heteroatoms. The van der Waals surface area contributed by atoms with Gasteiger partial charge in [-0.2, -0.15) is 23.0 Å². The van der Waals surface area contributed by atoms with Crippen LogP contribution >= 0.6 is 0 Å². The number of nitrogens with zero attached hydrogens (tertiary/aromatic N) is 2. The highest BCUT2D eigenvalue weighted by atomic mass is 19.4. The number of para-hydroxylation sites is 1. The van der Waals surface area contributed by atoms with Gasteiger partial charge in [0.05, 0.1) is 22.5 Å². The van der Waals surface area contributed by atoms with Crippen molar-refractivity contribution in [1.29, 1.82) is 0 Å². The van der Waals surface area contributed by atoms with Crippen molar-refractivity contribution in [3.8, 4) is 5.69 Å². The summed E-state index contributed by atoms with van der Waals surface area (Å²) in [5.74, 6) is -2.77. The molecule has 0 atom stereocenters. The molecule has 0 radical (unpaired) electrons. The fourth-order valence-corrected chi connectivity index (χ4v) is 3.28. The number of carbonyl (C=O) groups excluding carboxylic acids is 2. The van der Waals surface area contributed by atoms with E-state index in [9.17, 15) is 31.9 Å². The van der Waals surface area contributed by atoms with Crippen LogP contribution in [-0.2, 0) is 6.18 Å². The third-order valence-electron chi connectivity index (χ3n) is 4.98. The summed E-state index contributed by atoms with van der Waals surface area (Å²) in [6.07, 6.45) is -4.91. The molecule has 4 aromatic rings. The minimum Gasteiger partial charge on any atom is -0.322 e. The third kappa shape index (κ3) is 5.30. The number of amides is 2. The second kappa shape index (κ2) is 9.82. The second-order valence-corrected chi connectivity index (χ2v) is 7.45. The van der Waals surface area contributed by atoms with Gasteiger partial charge in [-0.25, -0.2) is 4.39 Å². The highest BCUT2D eigenvalue weighted by Crippen LogP contribution is 2.37. The fourth-order valence-electron chi connectivity index (χ4n) is 3.28. The first-order valence-corrected chi connectivity index (χ1v) is 10.4. The van der Waals surface area contributed by atoms with Crippen LogP contribution in [0, 0.1) is 5.82 Å². The Morgan fingerprint density at radius 1 is 0.806 bits per heavy atom. The Bertz CT molecular complexity index is 1500. The molecule has 0 spiro atoms. The summed E-state index contributed by atoms with van der Waals surface area (Å²) >= 11 is 0. The molecule has 0 aliphatic carbocycles. The van der Waals surface area contributed by atoms with Crippen molar-refractivity contribution in [2.24, 2.45) is 0 Å². The number of nitrogens with one attached hydrogen (secondary N) is 2. The van der Waals surface area contributed by atoms with Crippen molar-refractivity contribution in [3.63, 3.8) is 0 Å². The number of aromatic nitrogens is 2. The Morgan fingerprint density at radius 2 is 1.50 bits per heavy atom. The van der Waals surface area contributed by atoms with Crippen LogP contribution in [0.1, 0.15) is 26.4 Å². The number of alkyl halides is 3. The van der Waals surface area contributed by atoms with Gasteiger partial charge in [-0.05, 0) is 48.5 Å².